The maximum atomic E-state index is 13.3. The van der Waals surface area contributed by atoms with Crippen molar-refractivity contribution >= 4 is 23.3 Å². The Morgan fingerprint density at radius 3 is 2.32 bits per heavy atom. The number of ketones is 1. The molecule has 3 fully saturated rings. The van der Waals surface area contributed by atoms with Crippen molar-refractivity contribution in [2.45, 2.75) is 24.9 Å². The van der Waals surface area contributed by atoms with Crippen molar-refractivity contribution in [1.29, 1.82) is 0 Å². The van der Waals surface area contributed by atoms with Crippen LogP contribution < -0.4 is 4.90 Å². The van der Waals surface area contributed by atoms with Gasteiger partial charge in [0.2, 0.25) is 11.8 Å². The molecular formula is C22H19FN2O3. The van der Waals surface area contributed by atoms with Gasteiger partial charge in [0.1, 0.15) is 5.82 Å². The quantitative estimate of drug-likeness (QED) is 0.609. The zero-order chi connectivity index (χ0) is 19.4. The number of benzene rings is 2. The average Bonchev–Trinajstić information content (AvgIpc) is 3.35. The fourth-order valence-electron chi connectivity index (χ4n) is 5.13. The Morgan fingerprint density at radius 1 is 0.929 bits per heavy atom. The van der Waals surface area contributed by atoms with E-state index >= 15 is 0 Å². The molecule has 4 atom stereocenters. The molecule has 142 valence electrons. The second-order valence-corrected chi connectivity index (χ2v) is 7.66. The molecule has 0 spiro atoms. The summed E-state index contributed by atoms with van der Waals surface area (Å²) < 4.78 is 13.3. The van der Waals surface area contributed by atoms with Gasteiger partial charge in [-0.25, -0.2) is 9.29 Å². The lowest BCUT2D eigenvalue weighted by Crippen LogP contribution is -2.46. The largest absolute Gasteiger partial charge is 0.292 e. The molecule has 4 unspecified atom stereocenters. The van der Waals surface area contributed by atoms with Crippen LogP contribution in [0.15, 0.2) is 54.6 Å². The highest BCUT2D eigenvalue weighted by Gasteiger charge is 2.64. The molecule has 2 amide bonds. The molecule has 3 aliphatic heterocycles. The Morgan fingerprint density at radius 2 is 1.61 bits per heavy atom. The molecule has 3 aliphatic rings. The Bertz CT molecular complexity index is 960. The number of carbonyl (C=O) groups is 3. The van der Waals surface area contributed by atoms with Gasteiger partial charge in [0.25, 0.3) is 0 Å². The molecule has 0 aliphatic carbocycles. The number of rotatable bonds is 3. The summed E-state index contributed by atoms with van der Waals surface area (Å²) in [5.41, 5.74) is 0.917. The van der Waals surface area contributed by atoms with E-state index in [0.717, 1.165) is 12.8 Å². The number of fused-ring (bicyclic) bond motifs is 3. The van der Waals surface area contributed by atoms with Gasteiger partial charge in [0.15, 0.2) is 5.78 Å². The van der Waals surface area contributed by atoms with E-state index in [1.807, 2.05) is 11.0 Å². The van der Waals surface area contributed by atoms with E-state index in [1.165, 1.54) is 29.2 Å². The highest BCUT2D eigenvalue weighted by molar-refractivity contribution is 6.24. The van der Waals surface area contributed by atoms with Crippen molar-refractivity contribution in [3.8, 4) is 0 Å². The van der Waals surface area contributed by atoms with Crippen LogP contribution in [0.5, 0.6) is 0 Å². The van der Waals surface area contributed by atoms with Crippen LogP contribution >= 0.6 is 0 Å². The maximum Gasteiger partial charge on any atom is 0.239 e. The molecule has 3 saturated heterocycles. The third-order valence-corrected chi connectivity index (χ3v) is 6.26. The molecule has 0 bridgehead atoms. The third-order valence-electron chi connectivity index (χ3n) is 6.26. The number of imide groups is 1. The lowest BCUT2D eigenvalue weighted by molar-refractivity contribution is -0.123. The standard InChI is InChI=1S/C22H19FN2O3/c23-14-10-8-13(9-11-14)20(26)19-18-17(16-7-4-12-24(16)19)21(27)25(22(18)28)15-5-2-1-3-6-15/h1-3,5-6,8-11,16-19H,4,7,12H2. The topological polar surface area (TPSA) is 57.7 Å². The van der Waals surface area contributed by atoms with Gasteiger partial charge in [-0.15, -0.1) is 0 Å². The molecule has 6 heteroatoms. The first-order valence-electron chi connectivity index (χ1n) is 9.56. The van der Waals surface area contributed by atoms with Gasteiger partial charge in [0, 0.05) is 11.6 Å². The summed E-state index contributed by atoms with van der Waals surface area (Å²) in [4.78, 5) is 43.1. The molecule has 2 aromatic rings. The van der Waals surface area contributed by atoms with E-state index in [-0.39, 0.29) is 23.6 Å². The summed E-state index contributed by atoms with van der Waals surface area (Å²) >= 11 is 0. The average molecular weight is 378 g/mol. The molecule has 0 aromatic heterocycles. The van der Waals surface area contributed by atoms with Crippen molar-refractivity contribution in [3.63, 3.8) is 0 Å². The van der Waals surface area contributed by atoms with E-state index < -0.39 is 23.7 Å². The van der Waals surface area contributed by atoms with Crippen molar-refractivity contribution < 1.29 is 18.8 Å². The van der Waals surface area contributed by atoms with Crippen molar-refractivity contribution in [2.24, 2.45) is 11.8 Å². The van der Waals surface area contributed by atoms with Gasteiger partial charge in [0.05, 0.1) is 23.6 Å². The Kier molecular flexibility index (Phi) is 3.91. The van der Waals surface area contributed by atoms with Crippen LogP contribution in [0.3, 0.4) is 0 Å². The molecule has 5 nitrogen and oxygen atoms in total. The third kappa shape index (κ3) is 2.37. The van der Waals surface area contributed by atoms with E-state index in [4.69, 9.17) is 0 Å². The number of halogens is 1. The van der Waals surface area contributed by atoms with Crippen LogP contribution in [0, 0.1) is 17.7 Å². The molecule has 28 heavy (non-hydrogen) atoms. The number of Topliss-reactive ketones (excluding diaryl/α,β-unsaturated/α-hetero) is 1. The lowest BCUT2D eigenvalue weighted by Gasteiger charge is -2.27. The SMILES string of the molecule is O=C(c1ccc(F)cc1)C1C2C(=O)N(c3ccccc3)C(=O)C2C2CCCN21. The summed E-state index contributed by atoms with van der Waals surface area (Å²) in [5.74, 6) is -2.33. The minimum atomic E-state index is -0.685. The zero-order valence-corrected chi connectivity index (χ0v) is 15.1. The number of carbonyl (C=O) groups excluding carboxylic acids is 3. The highest BCUT2D eigenvalue weighted by atomic mass is 19.1. The predicted molar refractivity (Wildman–Crippen MR) is 100 cm³/mol. The Balaban J connectivity index is 1.55. The van der Waals surface area contributed by atoms with Gasteiger partial charge < -0.3 is 0 Å². The fourth-order valence-corrected chi connectivity index (χ4v) is 5.13. The van der Waals surface area contributed by atoms with Gasteiger partial charge in [-0.1, -0.05) is 18.2 Å². The van der Waals surface area contributed by atoms with Crippen molar-refractivity contribution in [1.82, 2.24) is 4.90 Å². The minimum Gasteiger partial charge on any atom is -0.292 e. The molecule has 3 heterocycles. The lowest BCUT2D eigenvalue weighted by atomic mass is 9.85. The number of amides is 2. The van der Waals surface area contributed by atoms with Crippen LogP contribution in [0.25, 0.3) is 0 Å². The van der Waals surface area contributed by atoms with Gasteiger partial charge >= 0.3 is 0 Å². The summed E-state index contributed by atoms with van der Waals surface area (Å²) in [5, 5.41) is 0. The van der Waals surface area contributed by atoms with Gasteiger partial charge in [-0.05, 0) is 55.8 Å². The molecule has 0 N–H and O–H groups in total. The summed E-state index contributed by atoms with van der Waals surface area (Å²) in [6.45, 7) is 0.696. The van der Waals surface area contributed by atoms with E-state index in [1.54, 1.807) is 24.3 Å². The minimum absolute atomic E-state index is 0.0930. The normalized spacial score (nSPS) is 29.2. The molecule has 0 radical (unpaired) electrons. The monoisotopic (exact) mass is 378 g/mol. The Hall–Kier alpha value is -2.86. The van der Waals surface area contributed by atoms with Crippen LogP contribution in [0.2, 0.25) is 0 Å². The molecule has 0 saturated carbocycles. The van der Waals surface area contributed by atoms with E-state index in [0.29, 0.717) is 17.8 Å². The zero-order valence-electron chi connectivity index (χ0n) is 15.1. The van der Waals surface area contributed by atoms with Crippen LogP contribution in [-0.4, -0.2) is 41.1 Å². The number of nitrogens with zero attached hydrogens (tertiary/aromatic N) is 2. The molecule has 5 rings (SSSR count). The van der Waals surface area contributed by atoms with E-state index in [9.17, 15) is 18.8 Å². The van der Waals surface area contributed by atoms with E-state index in [2.05, 4.69) is 0 Å². The summed E-state index contributed by atoms with van der Waals surface area (Å²) in [6, 6.07) is 13.5. The second-order valence-electron chi connectivity index (χ2n) is 7.66. The van der Waals surface area contributed by atoms with Crippen LogP contribution in [0.1, 0.15) is 23.2 Å². The summed E-state index contributed by atoms with van der Waals surface area (Å²) in [6.07, 6.45) is 1.70. The first-order chi connectivity index (χ1) is 13.6. The van der Waals surface area contributed by atoms with Crippen molar-refractivity contribution in [3.05, 3.63) is 66.0 Å². The number of hydrogen-bond acceptors (Lipinski definition) is 4. The second kappa shape index (κ2) is 6.34. The smallest absolute Gasteiger partial charge is 0.239 e. The number of hydrogen-bond donors (Lipinski definition) is 0. The van der Waals surface area contributed by atoms with Gasteiger partial charge in [-0.3, -0.25) is 19.3 Å². The fraction of sp³-hybridized carbons (Fsp3) is 0.318. The molecular weight excluding hydrogens is 359 g/mol. The maximum absolute atomic E-state index is 13.3. The number of anilines is 1. The predicted octanol–water partition coefficient (Wildman–Crippen LogP) is 2.66. The van der Waals surface area contributed by atoms with Crippen LogP contribution in [-0.2, 0) is 9.59 Å². The number of para-hydroxylation sites is 1. The van der Waals surface area contributed by atoms with Crippen molar-refractivity contribution in [2.75, 3.05) is 11.4 Å². The summed E-state index contributed by atoms with van der Waals surface area (Å²) in [7, 11) is 0. The Labute approximate surface area is 161 Å². The molecule has 2 aromatic carbocycles. The first-order valence-corrected chi connectivity index (χ1v) is 9.56. The highest BCUT2D eigenvalue weighted by Crippen LogP contribution is 2.48. The first kappa shape index (κ1) is 17.3. The van der Waals surface area contributed by atoms with Gasteiger partial charge in [-0.2, -0.15) is 0 Å². The van der Waals surface area contributed by atoms with Crippen LogP contribution in [0.4, 0.5) is 10.1 Å².